The fraction of sp³-hybridized carbons (Fsp3) is 0.450. The van der Waals surface area contributed by atoms with Gasteiger partial charge in [0.2, 0.25) is 22.7 Å². The Morgan fingerprint density at radius 1 is 1.24 bits per heavy atom. The summed E-state index contributed by atoms with van der Waals surface area (Å²) in [5.41, 5.74) is 2.93. The number of sulfonamides is 1. The average molecular weight is 420 g/mol. The van der Waals surface area contributed by atoms with Gasteiger partial charge in [-0.15, -0.1) is 0 Å². The minimum atomic E-state index is -3.16. The van der Waals surface area contributed by atoms with Gasteiger partial charge in [-0.25, -0.2) is 13.4 Å². The van der Waals surface area contributed by atoms with Gasteiger partial charge < -0.3 is 14.2 Å². The van der Waals surface area contributed by atoms with Crippen LogP contribution in [0.2, 0.25) is 0 Å². The fourth-order valence-corrected chi connectivity index (χ4v) is 4.67. The maximum absolute atomic E-state index is 11.8. The zero-order valence-corrected chi connectivity index (χ0v) is 17.6. The van der Waals surface area contributed by atoms with Crippen molar-refractivity contribution in [1.29, 1.82) is 0 Å². The normalized spacial score (nSPS) is 20.0. The summed E-state index contributed by atoms with van der Waals surface area (Å²) in [4.78, 5) is 6.58. The van der Waals surface area contributed by atoms with Crippen LogP contribution >= 0.6 is 0 Å². The van der Waals surface area contributed by atoms with E-state index in [0.717, 1.165) is 28.2 Å². The van der Waals surface area contributed by atoms with Crippen molar-refractivity contribution in [3.8, 4) is 28.5 Å². The molecule has 2 aliphatic rings. The molecule has 2 aromatic rings. The Bertz CT molecular complexity index is 994. The molecule has 0 bridgehead atoms. The van der Waals surface area contributed by atoms with Gasteiger partial charge in [0.25, 0.3) is 0 Å². The molecule has 156 valence electrons. The van der Waals surface area contributed by atoms with Crippen LogP contribution in [-0.4, -0.2) is 68.4 Å². The van der Waals surface area contributed by atoms with Crippen LogP contribution in [0.5, 0.6) is 17.4 Å². The van der Waals surface area contributed by atoms with Crippen LogP contribution in [0.15, 0.2) is 30.5 Å². The second kappa shape index (κ2) is 7.81. The van der Waals surface area contributed by atoms with E-state index in [-0.39, 0.29) is 12.8 Å². The SMILES string of the molecule is COc1ccc(-c2cc(CN3CCN(S(C)(=O)=O)CC3C)cc3c2OCO3)cn1. The van der Waals surface area contributed by atoms with E-state index in [1.165, 1.54) is 6.26 Å². The van der Waals surface area contributed by atoms with Crippen LogP contribution in [-0.2, 0) is 16.6 Å². The number of hydrogen-bond acceptors (Lipinski definition) is 7. The highest BCUT2D eigenvalue weighted by molar-refractivity contribution is 7.88. The van der Waals surface area contributed by atoms with Gasteiger partial charge in [-0.05, 0) is 30.7 Å². The van der Waals surface area contributed by atoms with Crippen molar-refractivity contribution < 1.29 is 22.6 Å². The van der Waals surface area contributed by atoms with Gasteiger partial charge in [-0.3, -0.25) is 4.90 Å². The van der Waals surface area contributed by atoms with Crippen molar-refractivity contribution in [3.63, 3.8) is 0 Å². The molecule has 4 rings (SSSR count). The number of aromatic nitrogens is 1. The van der Waals surface area contributed by atoms with Crippen LogP contribution in [0.3, 0.4) is 0 Å². The number of ether oxygens (including phenoxy) is 3. The van der Waals surface area contributed by atoms with Gasteiger partial charge in [0.1, 0.15) is 0 Å². The lowest BCUT2D eigenvalue weighted by Gasteiger charge is -2.38. The fourth-order valence-electron chi connectivity index (χ4n) is 3.77. The molecule has 1 aromatic heterocycles. The van der Waals surface area contributed by atoms with Crippen LogP contribution in [0, 0.1) is 0 Å². The van der Waals surface area contributed by atoms with E-state index in [9.17, 15) is 8.42 Å². The summed E-state index contributed by atoms with van der Waals surface area (Å²) in [5, 5.41) is 0. The van der Waals surface area contributed by atoms with Gasteiger partial charge in [-0.1, -0.05) is 0 Å². The molecule has 0 spiro atoms. The predicted octanol–water partition coefficient (Wildman–Crippen LogP) is 1.95. The predicted molar refractivity (Wildman–Crippen MR) is 109 cm³/mol. The molecule has 9 heteroatoms. The van der Waals surface area contributed by atoms with E-state index in [0.29, 0.717) is 32.1 Å². The molecule has 0 amide bonds. The zero-order valence-electron chi connectivity index (χ0n) is 16.8. The molecule has 1 unspecified atom stereocenters. The molecule has 1 atom stereocenters. The smallest absolute Gasteiger partial charge is 0.231 e. The summed E-state index contributed by atoms with van der Waals surface area (Å²) in [5.74, 6) is 1.99. The monoisotopic (exact) mass is 419 g/mol. The maximum Gasteiger partial charge on any atom is 0.231 e. The van der Waals surface area contributed by atoms with Gasteiger partial charge in [0.15, 0.2) is 11.5 Å². The molecular formula is C20H25N3O5S. The Hall–Kier alpha value is -2.36. The van der Waals surface area contributed by atoms with Gasteiger partial charge >= 0.3 is 0 Å². The Morgan fingerprint density at radius 3 is 2.72 bits per heavy atom. The highest BCUT2D eigenvalue weighted by Crippen LogP contribution is 2.42. The first-order chi connectivity index (χ1) is 13.8. The van der Waals surface area contributed by atoms with Gasteiger partial charge in [0, 0.05) is 55.6 Å². The highest BCUT2D eigenvalue weighted by Gasteiger charge is 2.29. The van der Waals surface area contributed by atoms with E-state index in [1.54, 1.807) is 17.6 Å². The first-order valence-corrected chi connectivity index (χ1v) is 11.3. The second-order valence-corrected chi connectivity index (χ2v) is 9.39. The highest BCUT2D eigenvalue weighted by atomic mass is 32.2. The molecule has 0 aliphatic carbocycles. The summed E-state index contributed by atoms with van der Waals surface area (Å²) in [6, 6.07) is 7.97. The van der Waals surface area contributed by atoms with Gasteiger partial charge in [0.05, 0.1) is 13.4 Å². The molecular weight excluding hydrogens is 394 g/mol. The third kappa shape index (κ3) is 4.17. The van der Waals surface area contributed by atoms with Crippen molar-refractivity contribution >= 4 is 10.0 Å². The van der Waals surface area contributed by atoms with Crippen molar-refractivity contribution in [2.45, 2.75) is 19.5 Å². The molecule has 8 nitrogen and oxygen atoms in total. The number of methoxy groups -OCH3 is 1. The van der Waals surface area contributed by atoms with Crippen molar-refractivity contribution in [2.24, 2.45) is 0 Å². The summed E-state index contributed by atoms with van der Waals surface area (Å²) in [6.45, 7) is 4.63. The Balaban J connectivity index is 1.59. The molecule has 29 heavy (non-hydrogen) atoms. The van der Waals surface area contributed by atoms with E-state index in [2.05, 4.69) is 22.9 Å². The minimum absolute atomic E-state index is 0.120. The van der Waals surface area contributed by atoms with E-state index >= 15 is 0 Å². The van der Waals surface area contributed by atoms with Crippen molar-refractivity contribution in [3.05, 3.63) is 36.0 Å². The molecule has 2 aliphatic heterocycles. The molecule has 1 fully saturated rings. The third-order valence-electron chi connectivity index (χ3n) is 5.37. The van der Waals surface area contributed by atoms with E-state index in [4.69, 9.17) is 14.2 Å². The molecule has 3 heterocycles. The summed E-state index contributed by atoms with van der Waals surface area (Å²) < 4.78 is 41.7. The number of fused-ring (bicyclic) bond motifs is 1. The standard InChI is InChI=1S/C20H25N3O5S/c1-14-11-23(29(3,24)25)7-6-22(14)12-15-8-17(20-18(9-15)27-13-28-20)16-4-5-19(26-2)21-10-16/h4-5,8-10,14H,6-7,11-13H2,1-3H3. The first-order valence-electron chi connectivity index (χ1n) is 9.47. The molecule has 0 radical (unpaired) electrons. The average Bonchev–Trinajstić information content (AvgIpc) is 3.17. The van der Waals surface area contributed by atoms with E-state index < -0.39 is 10.0 Å². The number of benzene rings is 1. The second-order valence-electron chi connectivity index (χ2n) is 7.41. The molecule has 1 saturated heterocycles. The van der Waals surface area contributed by atoms with Crippen molar-refractivity contribution in [1.82, 2.24) is 14.2 Å². The number of piperazine rings is 1. The number of hydrogen-bond donors (Lipinski definition) is 0. The summed E-state index contributed by atoms with van der Waals surface area (Å²) in [7, 11) is -1.57. The molecule has 0 saturated carbocycles. The van der Waals surface area contributed by atoms with Crippen LogP contribution in [0.4, 0.5) is 0 Å². The largest absolute Gasteiger partial charge is 0.481 e. The molecule has 1 aromatic carbocycles. The van der Waals surface area contributed by atoms with Gasteiger partial charge in [-0.2, -0.15) is 4.31 Å². The van der Waals surface area contributed by atoms with E-state index in [1.807, 2.05) is 18.2 Å². The number of nitrogens with zero attached hydrogens (tertiary/aromatic N) is 3. The molecule has 0 N–H and O–H groups in total. The number of pyridine rings is 1. The maximum atomic E-state index is 11.8. The third-order valence-corrected chi connectivity index (χ3v) is 6.64. The quantitative estimate of drug-likeness (QED) is 0.733. The lowest BCUT2D eigenvalue weighted by molar-refractivity contribution is 0.122. The first kappa shape index (κ1) is 19.9. The lowest BCUT2D eigenvalue weighted by atomic mass is 10.0. The van der Waals surface area contributed by atoms with Crippen LogP contribution in [0.25, 0.3) is 11.1 Å². The summed E-state index contributed by atoms with van der Waals surface area (Å²) >= 11 is 0. The van der Waals surface area contributed by atoms with Crippen LogP contribution in [0.1, 0.15) is 12.5 Å². The topological polar surface area (TPSA) is 81.2 Å². The van der Waals surface area contributed by atoms with Crippen molar-refractivity contribution in [2.75, 3.05) is 39.8 Å². The minimum Gasteiger partial charge on any atom is -0.481 e. The summed E-state index contributed by atoms with van der Waals surface area (Å²) in [6.07, 6.45) is 3.02. The lowest BCUT2D eigenvalue weighted by Crippen LogP contribution is -2.52. The Kier molecular flexibility index (Phi) is 5.37. The number of rotatable bonds is 5. The van der Waals surface area contributed by atoms with Crippen LogP contribution < -0.4 is 14.2 Å². The zero-order chi connectivity index (χ0) is 20.6. The Labute approximate surface area is 171 Å². The Morgan fingerprint density at radius 2 is 2.07 bits per heavy atom.